The van der Waals surface area contributed by atoms with Gasteiger partial charge in [-0.25, -0.2) is 4.98 Å². The predicted molar refractivity (Wildman–Crippen MR) is 128 cm³/mol. The first-order valence-electron chi connectivity index (χ1n) is 10.8. The van der Waals surface area contributed by atoms with Gasteiger partial charge in [-0.3, -0.25) is 4.98 Å². The Morgan fingerprint density at radius 1 is 0.800 bits per heavy atom. The first-order valence-corrected chi connectivity index (χ1v) is 11.2. The van der Waals surface area contributed by atoms with Crippen LogP contribution in [0, 0.1) is 0 Å². The minimum absolute atomic E-state index is 0.697. The fourth-order valence-corrected chi connectivity index (χ4v) is 3.43. The molecule has 30 heavy (non-hydrogen) atoms. The maximum absolute atomic E-state index is 6.06. The van der Waals surface area contributed by atoms with Gasteiger partial charge in [0.2, 0.25) is 5.95 Å². The number of hydrogen-bond acceptors (Lipinski definition) is 6. The molecular formula is C23H31ClN6. The van der Waals surface area contributed by atoms with Crippen molar-refractivity contribution in [3.8, 4) is 0 Å². The van der Waals surface area contributed by atoms with E-state index in [-0.39, 0.29) is 0 Å². The number of unbranched alkanes of at least 4 members (excludes halogenated alkanes) is 4. The Morgan fingerprint density at radius 3 is 2.43 bits per heavy atom. The summed E-state index contributed by atoms with van der Waals surface area (Å²) < 4.78 is 0. The van der Waals surface area contributed by atoms with Crippen LogP contribution >= 0.6 is 11.6 Å². The van der Waals surface area contributed by atoms with Gasteiger partial charge in [0.1, 0.15) is 5.82 Å². The van der Waals surface area contributed by atoms with Crippen molar-refractivity contribution in [2.45, 2.75) is 45.4 Å². The highest BCUT2D eigenvalue weighted by Crippen LogP contribution is 2.24. The van der Waals surface area contributed by atoms with Crippen LogP contribution in [0.2, 0.25) is 5.02 Å². The molecule has 0 spiro atoms. The lowest BCUT2D eigenvalue weighted by atomic mass is 10.2. The number of benzene rings is 1. The van der Waals surface area contributed by atoms with E-state index in [0.717, 1.165) is 61.3 Å². The third-order valence-corrected chi connectivity index (χ3v) is 5.13. The Bertz CT molecular complexity index is 917. The van der Waals surface area contributed by atoms with Crippen LogP contribution in [-0.4, -0.2) is 34.6 Å². The highest BCUT2D eigenvalue weighted by atomic mass is 35.5. The van der Waals surface area contributed by atoms with E-state index in [1.807, 2.05) is 36.5 Å². The van der Waals surface area contributed by atoms with Crippen molar-refractivity contribution in [3.05, 3.63) is 47.7 Å². The van der Waals surface area contributed by atoms with Crippen molar-refractivity contribution < 1.29 is 0 Å². The summed E-state index contributed by atoms with van der Waals surface area (Å²) in [6.45, 7) is 4.92. The monoisotopic (exact) mass is 426 g/mol. The molecule has 2 heterocycles. The molecule has 3 rings (SSSR count). The first-order chi connectivity index (χ1) is 14.8. The van der Waals surface area contributed by atoms with Gasteiger partial charge in [-0.1, -0.05) is 37.8 Å². The van der Waals surface area contributed by atoms with E-state index >= 15 is 0 Å². The number of pyridine rings is 1. The standard InChI is InChI=1S/C23H31ClN6/c1-2-3-4-5-14-28-23-29-16-11-22(30-23)27-13-7-6-12-25-20-10-15-26-21-17-18(24)8-9-19(20)21/h8-11,15-17H,2-7,12-14H2,1H3,(H,25,26)(H2,27,28,29,30). The second-order valence-corrected chi connectivity index (χ2v) is 7.77. The van der Waals surface area contributed by atoms with Gasteiger partial charge in [0.15, 0.2) is 0 Å². The van der Waals surface area contributed by atoms with Crippen molar-refractivity contribution in [2.24, 2.45) is 0 Å². The normalized spacial score (nSPS) is 10.9. The molecule has 3 N–H and O–H groups in total. The molecule has 3 aromatic rings. The zero-order valence-electron chi connectivity index (χ0n) is 17.6. The highest BCUT2D eigenvalue weighted by molar-refractivity contribution is 6.31. The van der Waals surface area contributed by atoms with Gasteiger partial charge in [-0.15, -0.1) is 0 Å². The quantitative estimate of drug-likeness (QED) is 0.292. The van der Waals surface area contributed by atoms with E-state index in [1.165, 1.54) is 19.3 Å². The van der Waals surface area contributed by atoms with Gasteiger partial charge in [0, 0.05) is 48.1 Å². The summed E-state index contributed by atoms with van der Waals surface area (Å²) in [5.74, 6) is 1.56. The van der Waals surface area contributed by atoms with Crippen LogP contribution in [0.3, 0.4) is 0 Å². The molecule has 0 radical (unpaired) electrons. The molecule has 1 aromatic carbocycles. The van der Waals surface area contributed by atoms with Gasteiger partial charge in [-0.2, -0.15) is 4.98 Å². The number of aromatic nitrogens is 3. The largest absolute Gasteiger partial charge is 0.384 e. The van der Waals surface area contributed by atoms with E-state index in [2.05, 4.69) is 37.8 Å². The van der Waals surface area contributed by atoms with Crippen LogP contribution in [0.1, 0.15) is 45.4 Å². The molecule has 0 aliphatic rings. The lowest BCUT2D eigenvalue weighted by molar-refractivity contribution is 0.683. The van der Waals surface area contributed by atoms with Gasteiger partial charge < -0.3 is 16.0 Å². The third kappa shape index (κ3) is 7.02. The Balaban J connectivity index is 1.35. The van der Waals surface area contributed by atoms with Crippen molar-refractivity contribution in [1.29, 1.82) is 0 Å². The maximum Gasteiger partial charge on any atom is 0.224 e. The summed E-state index contributed by atoms with van der Waals surface area (Å²) in [7, 11) is 0. The summed E-state index contributed by atoms with van der Waals surface area (Å²) in [6, 6.07) is 9.72. The van der Waals surface area contributed by atoms with E-state index in [1.54, 1.807) is 6.20 Å². The molecule has 0 atom stereocenters. The number of anilines is 3. The maximum atomic E-state index is 6.06. The molecule has 0 amide bonds. The van der Waals surface area contributed by atoms with E-state index in [0.29, 0.717) is 11.0 Å². The van der Waals surface area contributed by atoms with Crippen LogP contribution in [0.4, 0.5) is 17.5 Å². The average Bonchev–Trinajstić information content (AvgIpc) is 2.76. The van der Waals surface area contributed by atoms with Crippen LogP contribution < -0.4 is 16.0 Å². The molecule has 0 saturated carbocycles. The molecule has 0 aliphatic carbocycles. The number of nitrogens with one attached hydrogen (secondary N) is 3. The van der Waals surface area contributed by atoms with Crippen LogP contribution in [-0.2, 0) is 0 Å². The van der Waals surface area contributed by atoms with Crippen molar-refractivity contribution in [2.75, 3.05) is 35.6 Å². The number of fused-ring (bicyclic) bond motifs is 1. The van der Waals surface area contributed by atoms with Crippen molar-refractivity contribution in [1.82, 2.24) is 15.0 Å². The zero-order valence-corrected chi connectivity index (χ0v) is 18.4. The minimum atomic E-state index is 0.697. The highest BCUT2D eigenvalue weighted by Gasteiger charge is 2.02. The van der Waals surface area contributed by atoms with Gasteiger partial charge in [0.05, 0.1) is 5.52 Å². The Kier molecular flexibility index (Phi) is 8.97. The molecule has 2 aromatic heterocycles. The predicted octanol–water partition coefficient (Wildman–Crippen LogP) is 5.97. The molecule has 0 unspecified atom stereocenters. The second-order valence-electron chi connectivity index (χ2n) is 7.33. The number of halogens is 1. The summed E-state index contributed by atoms with van der Waals surface area (Å²) >= 11 is 6.06. The van der Waals surface area contributed by atoms with Crippen LogP contribution in [0.15, 0.2) is 42.7 Å². The molecule has 7 heteroatoms. The van der Waals surface area contributed by atoms with Crippen molar-refractivity contribution in [3.63, 3.8) is 0 Å². The number of nitrogens with zero attached hydrogens (tertiary/aromatic N) is 3. The van der Waals surface area contributed by atoms with Crippen LogP contribution in [0.25, 0.3) is 10.9 Å². The second kappa shape index (κ2) is 12.2. The first kappa shape index (κ1) is 22.1. The summed E-state index contributed by atoms with van der Waals surface area (Å²) in [5, 5.41) is 12.0. The minimum Gasteiger partial charge on any atom is -0.384 e. The van der Waals surface area contributed by atoms with Crippen molar-refractivity contribution >= 4 is 40.0 Å². The summed E-state index contributed by atoms with van der Waals surface area (Å²) in [5.41, 5.74) is 2.00. The molecule has 0 saturated heterocycles. The Morgan fingerprint density at radius 2 is 1.57 bits per heavy atom. The molecule has 160 valence electrons. The van der Waals surface area contributed by atoms with Crippen LogP contribution in [0.5, 0.6) is 0 Å². The fourth-order valence-electron chi connectivity index (χ4n) is 3.26. The lowest BCUT2D eigenvalue weighted by Crippen LogP contribution is -2.10. The topological polar surface area (TPSA) is 74.8 Å². The number of rotatable bonds is 13. The van der Waals surface area contributed by atoms with Gasteiger partial charge in [0.25, 0.3) is 0 Å². The average molecular weight is 427 g/mol. The van der Waals surface area contributed by atoms with Gasteiger partial charge in [-0.05, 0) is 49.6 Å². The molecular weight excluding hydrogens is 396 g/mol. The Hall–Kier alpha value is -2.60. The molecule has 0 bridgehead atoms. The summed E-state index contributed by atoms with van der Waals surface area (Å²) in [6.07, 6.45) is 10.6. The lowest BCUT2D eigenvalue weighted by Gasteiger charge is -2.10. The van der Waals surface area contributed by atoms with Gasteiger partial charge >= 0.3 is 0 Å². The molecule has 6 nitrogen and oxygen atoms in total. The smallest absolute Gasteiger partial charge is 0.224 e. The zero-order chi connectivity index (χ0) is 21.0. The SMILES string of the molecule is CCCCCCNc1nccc(NCCCCNc2ccnc3cc(Cl)ccc23)n1. The fraction of sp³-hybridized carbons (Fsp3) is 0.435. The molecule has 0 fully saturated rings. The van der Waals surface area contributed by atoms with E-state index < -0.39 is 0 Å². The molecule has 0 aliphatic heterocycles. The summed E-state index contributed by atoms with van der Waals surface area (Å²) in [4.78, 5) is 13.2. The van der Waals surface area contributed by atoms with E-state index in [4.69, 9.17) is 11.6 Å². The number of hydrogen-bond donors (Lipinski definition) is 3. The third-order valence-electron chi connectivity index (χ3n) is 4.90. The Labute approximate surface area is 183 Å². The van der Waals surface area contributed by atoms with E-state index in [9.17, 15) is 0 Å².